The number of nitrogens with zero attached hydrogens (tertiary/aromatic N) is 3. The van der Waals surface area contributed by atoms with Crippen molar-refractivity contribution in [3.05, 3.63) is 42.5 Å². The number of aromatic nitrogens is 2. The quantitative estimate of drug-likeness (QED) is 0.333. The number of halogens is 1. The van der Waals surface area contributed by atoms with Gasteiger partial charge in [-0.2, -0.15) is 5.01 Å². The topological polar surface area (TPSA) is 104 Å². The zero-order chi connectivity index (χ0) is 22.2. The molecule has 1 aliphatic rings. The van der Waals surface area contributed by atoms with E-state index in [4.69, 9.17) is 0 Å². The summed E-state index contributed by atoms with van der Waals surface area (Å²) in [5.41, 5.74) is 2.91. The average Bonchev–Trinajstić information content (AvgIpc) is 3.28. The van der Waals surface area contributed by atoms with Crippen LogP contribution in [0.4, 0.5) is 9.18 Å². The number of carbonyl (C=O) groups excluding carboxylic acids is 3. The molecule has 0 bridgehead atoms. The molecule has 160 valence electrons. The number of benzene rings is 1. The summed E-state index contributed by atoms with van der Waals surface area (Å²) < 4.78 is 14.0. The molecule has 8 nitrogen and oxygen atoms in total. The number of thioether (sulfide) groups is 1. The van der Waals surface area contributed by atoms with Crippen LogP contribution in [0.5, 0.6) is 0 Å². The normalized spacial score (nSPS) is 18.5. The van der Waals surface area contributed by atoms with Crippen LogP contribution in [0.25, 0.3) is 20.7 Å². The van der Waals surface area contributed by atoms with Crippen LogP contribution in [0.15, 0.2) is 41.7 Å². The van der Waals surface area contributed by atoms with Gasteiger partial charge in [-0.05, 0) is 37.1 Å². The van der Waals surface area contributed by atoms with Crippen LogP contribution >= 0.6 is 23.1 Å². The van der Waals surface area contributed by atoms with Crippen molar-refractivity contribution in [2.24, 2.45) is 0 Å². The molecule has 3 aromatic rings. The van der Waals surface area contributed by atoms with E-state index in [1.807, 2.05) is 6.07 Å². The summed E-state index contributed by atoms with van der Waals surface area (Å²) in [5, 5.41) is 3.91. The Hall–Kier alpha value is -3.05. The molecule has 3 heterocycles. The Morgan fingerprint density at radius 3 is 2.71 bits per heavy atom. The molecule has 4 rings (SSSR count). The van der Waals surface area contributed by atoms with Gasteiger partial charge in [-0.25, -0.2) is 19.2 Å². The number of imide groups is 1. The first-order valence-corrected chi connectivity index (χ1v) is 11.2. The third-order valence-electron chi connectivity index (χ3n) is 4.95. The van der Waals surface area contributed by atoms with Crippen molar-refractivity contribution in [1.82, 2.24) is 25.7 Å². The summed E-state index contributed by atoms with van der Waals surface area (Å²) in [4.78, 5) is 46.2. The molecule has 31 heavy (non-hydrogen) atoms. The highest BCUT2D eigenvalue weighted by Crippen LogP contribution is 2.36. The van der Waals surface area contributed by atoms with Gasteiger partial charge in [0.1, 0.15) is 22.7 Å². The molecule has 0 radical (unpaired) electrons. The van der Waals surface area contributed by atoms with Crippen LogP contribution in [0.3, 0.4) is 0 Å². The zero-order valence-corrected chi connectivity index (χ0v) is 18.3. The summed E-state index contributed by atoms with van der Waals surface area (Å²) >= 11 is 2.62. The number of amides is 4. The highest BCUT2D eigenvalue weighted by molar-refractivity contribution is 8.00. The molecule has 0 spiro atoms. The van der Waals surface area contributed by atoms with Gasteiger partial charge in [0.05, 0.1) is 16.0 Å². The summed E-state index contributed by atoms with van der Waals surface area (Å²) in [7, 11) is 0. The zero-order valence-electron chi connectivity index (χ0n) is 16.6. The largest absolute Gasteiger partial charge is 0.344 e. The van der Waals surface area contributed by atoms with Crippen molar-refractivity contribution < 1.29 is 18.8 Å². The molecule has 1 saturated heterocycles. The van der Waals surface area contributed by atoms with Gasteiger partial charge in [0.15, 0.2) is 0 Å². The lowest BCUT2D eigenvalue weighted by molar-refractivity contribution is -0.137. The first kappa shape index (κ1) is 21.2. The van der Waals surface area contributed by atoms with Gasteiger partial charge in [-0.15, -0.1) is 11.3 Å². The molecule has 2 aromatic heterocycles. The number of thiophene rings is 1. The number of urea groups is 1. The molecule has 1 atom stereocenters. The van der Waals surface area contributed by atoms with Gasteiger partial charge < -0.3 is 5.32 Å². The van der Waals surface area contributed by atoms with Crippen LogP contribution < -0.4 is 10.7 Å². The van der Waals surface area contributed by atoms with Crippen molar-refractivity contribution in [2.75, 3.05) is 5.75 Å². The Morgan fingerprint density at radius 1 is 1.29 bits per heavy atom. The fraction of sp³-hybridized carbons (Fsp3) is 0.250. The van der Waals surface area contributed by atoms with E-state index in [2.05, 4.69) is 20.7 Å². The predicted molar refractivity (Wildman–Crippen MR) is 116 cm³/mol. The Morgan fingerprint density at radius 2 is 2.03 bits per heavy atom. The van der Waals surface area contributed by atoms with Crippen molar-refractivity contribution >= 4 is 51.2 Å². The first-order valence-electron chi connectivity index (χ1n) is 9.40. The molecule has 0 saturated carbocycles. The highest BCUT2D eigenvalue weighted by Gasteiger charge is 2.47. The lowest BCUT2D eigenvalue weighted by Crippen LogP contribution is -2.49. The monoisotopic (exact) mass is 459 g/mol. The van der Waals surface area contributed by atoms with E-state index in [1.54, 1.807) is 26.0 Å². The summed E-state index contributed by atoms with van der Waals surface area (Å²) in [6.07, 6.45) is 1.82. The van der Waals surface area contributed by atoms with E-state index in [0.29, 0.717) is 11.4 Å². The molecule has 1 aliphatic heterocycles. The smallest absolute Gasteiger partial charge is 0.322 e. The van der Waals surface area contributed by atoms with Crippen LogP contribution in [0.2, 0.25) is 0 Å². The molecule has 11 heteroatoms. The minimum absolute atomic E-state index is 0.0458. The average molecular weight is 460 g/mol. The maximum absolute atomic E-state index is 13.2. The molecular formula is C20H18FN5O3S2. The molecule has 1 fully saturated rings. The Bertz CT molecular complexity index is 1180. The highest BCUT2D eigenvalue weighted by atomic mass is 32.2. The lowest BCUT2D eigenvalue weighted by atomic mass is 10.00. The molecule has 0 aliphatic carbocycles. The number of fused-ring (bicyclic) bond motifs is 1. The van der Waals surface area contributed by atoms with Gasteiger partial charge in [-0.3, -0.25) is 15.0 Å². The molecule has 1 aromatic carbocycles. The van der Waals surface area contributed by atoms with E-state index in [1.165, 1.54) is 41.6 Å². The second kappa shape index (κ2) is 8.23. The maximum atomic E-state index is 13.2. The molecule has 4 amide bonds. The SMILES string of the molecule is CC[C@@]1(C)NC(=O)N(NC(=O)CSc2ncnc3cc(-c4ccc(F)cc4)sc23)C1=O. The molecular weight excluding hydrogens is 441 g/mol. The second-order valence-corrected chi connectivity index (χ2v) is 9.11. The number of rotatable bonds is 6. The third kappa shape index (κ3) is 4.10. The number of hydrogen-bond donors (Lipinski definition) is 2. The van der Waals surface area contributed by atoms with E-state index in [0.717, 1.165) is 25.7 Å². The summed E-state index contributed by atoms with van der Waals surface area (Å²) in [6.45, 7) is 3.39. The summed E-state index contributed by atoms with van der Waals surface area (Å²) in [5.74, 6) is -1.35. The number of nitrogens with one attached hydrogen (secondary N) is 2. The van der Waals surface area contributed by atoms with E-state index < -0.39 is 23.4 Å². The fourth-order valence-electron chi connectivity index (χ4n) is 3.01. The van der Waals surface area contributed by atoms with Crippen LogP contribution in [0.1, 0.15) is 20.3 Å². The Labute approximate surface area is 185 Å². The third-order valence-corrected chi connectivity index (χ3v) is 7.25. The van der Waals surface area contributed by atoms with Crippen molar-refractivity contribution in [1.29, 1.82) is 0 Å². The van der Waals surface area contributed by atoms with Crippen molar-refractivity contribution in [3.63, 3.8) is 0 Å². The van der Waals surface area contributed by atoms with Gasteiger partial charge in [-0.1, -0.05) is 30.8 Å². The lowest BCUT2D eigenvalue weighted by Gasteiger charge is -2.19. The number of carbonyl (C=O) groups is 3. The van der Waals surface area contributed by atoms with Crippen LogP contribution in [0, 0.1) is 5.82 Å². The summed E-state index contributed by atoms with van der Waals surface area (Å²) in [6, 6.07) is 7.40. The van der Waals surface area contributed by atoms with E-state index in [-0.39, 0.29) is 11.6 Å². The van der Waals surface area contributed by atoms with E-state index in [9.17, 15) is 18.8 Å². The first-order chi connectivity index (χ1) is 14.8. The van der Waals surface area contributed by atoms with E-state index >= 15 is 0 Å². The maximum Gasteiger partial charge on any atom is 0.344 e. The molecule has 0 unspecified atom stereocenters. The Balaban J connectivity index is 1.47. The standard InChI is InChI=1S/C20H18FN5O3S2/c1-3-20(2)18(28)26(19(29)24-20)25-15(27)9-30-17-16-13(22-10-23-17)8-14(31-16)11-4-6-12(21)7-5-11/h4-8,10H,3,9H2,1-2H3,(H,24,29)(H,25,27)/t20-/m1/s1. The Kier molecular flexibility index (Phi) is 5.63. The van der Waals surface area contributed by atoms with Crippen LogP contribution in [-0.2, 0) is 9.59 Å². The predicted octanol–water partition coefficient (Wildman–Crippen LogP) is 3.34. The van der Waals surface area contributed by atoms with Crippen LogP contribution in [-0.4, -0.2) is 44.1 Å². The van der Waals surface area contributed by atoms with Gasteiger partial charge >= 0.3 is 6.03 Å². The van der Waals surface area contributed by atoms with Gasteiger partial charge in [0, 0.05) is 4.88 Å². The minimum atomic E-state index is -1.02. The number of hydrazine groups is 1. The molecule has 2 N–H and O–H groups in total. The fourth-order valence-corrected chi connectivity index (χ4v) is 5.00. The van der Waals surface area contributed by atoms with Crippen molar-refractivity contribution in [2.45, 2.75) is 30.8 Å². The number of hydrogen-bond acceptors (Lipinski definition) is 7. The van der Waals surface area contributed by atoms with Gasteiger partial charge in [0.25, 0.3) is 5.91 Å². The van der Waals surface area contributed by atoms with Gasteiger partial charge in [0.2, 0.25) is 5.91 Å². The van der Waals surface area contributed by atoms with Crippen molar-refractivity contribution in [3.8, 4) is 10.4 Å². The second-order valence-electron chi connectivity index (χ2n) is 7.09. The minimum Gasteiger partial charge on any atom is -0.322 e.